The number of aryl methyl sites for hydroxylation is 2. The topological polar surface area (TPSA) is 55.6 Å². The van der Waals surface area contributed by atoms with Crippen LogP contribution in [0.5, 0.6) is 5.75 Å². The zero-order valence-electron chi connectivity index (χ0n) is 14.0. The minimum Gasteiger partial charge on any atom is -0.493 e. The van der Waals surface area contributed by atoms with Crippen LogP contribution in [-0.2, 0) is 0 Å². The lowest BCUT2D eigenvalue weighted by Gasteiger charge is -2.27. The second-order valence-corrected chi connectivity index (χ2v) is 6.28. The molecule has 0 radical (unpaired) electrons. The molecule has 0 bridgehead atoms. The first-order valence-electron chi connectivity index (χ1n) is 8.22. The summed E-state index contributed by atoms with van der Waals surface area (Å²) in [7, 11) is 0. The van der Waals surface area contributed by atoms with Gasteiger partial charge >= 0.3 is 0 Å². The van der Waals surface area contributed by atoms with Crippen molar-refractivity contribution in [3.8, 4) is 5.75 Å². The van der Waals surface area contributed by atoms with E-state index in [1.165, 1.54) is 6.07 Å². The Bertz CT molecular complexity index is 980. The van der Waals surface area contributed by atoms with Crippen LogP contribution in [0, 0.1) is 19.7 Å². The van der Waals surface area contributed by atoms with Gasteiger partial charge in [0, 0.05) is 24.0 Å². The van der Waals surface area contributed by atoms with Gasteiger partial charge in [0.2, 0.25) is 0 Å². The largest absolute Gasteiger partial charge is 0.493 e. The molecule has 3 heterocycles. The highest BCUT2D eigenvalue weighted by atomic mass is 19.1. The molecule has 1 atom stereocenters. The van der Waals surface area contributed by atoms with E-state index in [0.29, 0.717) is 35.6 Å². The van der Waals surface area contributed by atoms with Crippen LogP contribution in [0.4, 0.5) is 4.39 Å². The van der Waals surface area contributed by atoms with Crippen LogP contribution in [0.1, 0.15) is 39.8 Å². The third-order valence-corrected chi connectivity index (χ3v) is 4.51. The van der Waals surface area contributed by atoms with E-state index >= 15 is 0 Å². The molecule has 1 aromatic carbocycles. The molecule has 1 aliphatic rings. The Morgan fingerprint density at radius 1 is 1.36 bits per heavy atom. The fraction of sp³-hybridized carbons (Fsp3) is 0.263. The molecule has 0 aliphatic carbocycles. The minimum absolute atomic E-state index is 0.263. The Hall–Kier alpha value is -2.89. The van der Waals surface area contributed by atoms with Crippen molar-refractivity contribution in [1.82, 2.24) is 14.7 Å². The first kappa shape index (κ1) is 15.6. The van der Waals surface area contributed by atoms with E-state index in [4.69, 9.17) is 4.74 Å². The molecule has 0 spiro atoms. The Labute approximate surface area is 144 Å². The van der Waals surface area contributed by atoms with Crippen LogP contribution in [-0.4, -0.2) is 21.9 Å². The van der Waals surface area contributed by atoms with E-state index < -0.39 is 6.04 Å². The average molecular weight is 339 g/mol. The molecule has 1 N–H and O–H groups in total. The molecule has 0 fully saturated rings. The summed E-state index contributed by atoms with van der Waals surface area (Å²) < 4.78 is 21.6. The Morgan fingerprint density at radius 2 is 2.20 bits per heavy atom. The molecule has 4 rings (SSSR count). The summed E-state index contributed by atoms with van der Waals surface area (Å²) in [5.74, 6) is -0.141. The Kier molecular flexibility index (Phi) is 3.67. The first-order chi connectivity index (χ1) is 12.0. The highest BCUT2D eigenvalue weighted by Crippen LogP contribution is 2.34. The smallest absolute Gasteiger partial charge is 0.255 e. The van der Waals surface area contributed by atoms with Crippen molar-refractivity contribution in [2.24, 2.45) is 0 Å². The molecule has 3 aromatic rings. The molecule has 1 aliphatic heterocycles. The summed E-state index contributed by atoms with van der Waals surface area (Å²) in [5, 5.41) is 2.94. The highest BCUT2D eigenvalue weighted by molar-refractivity contribution is 6.00. The van der Waals surface area contributed by atoms with Crippen molar-refractivity contribution in [1.29, 1.82) is 0 Å². The van der Waals surface area contributed by atoms with Crippen molar-refractivity contribution >= 4 is 11.6 Å². The van der Waals surface area contributed by atoms with Gasteiger partial charge in [-0.25, -0.2) is 9.37 Å². The predicted octanol–water partition coefficient (Wildman–Crippen LogP) is 3.34. The molecule has 6 heteroatoms. The van der Waals surface area contributed by atoms with E-state index in [-0.39, 0.29) is 11.7 Å². The van der Waals surface area contributed by atoms with Gasteiger partial charge < -0.3 is 14.5 Å². The summed E-state index contributed by atoms with van der Waals surface area (Å²) in [6, 6.07) is 7.99. The van der Waals surface area contributed by atoms with Crippen LogP contribution in [0.3, 0.4) is 0 Å². The molecular weight excluding hydrogens is 321 g/mol. The molecule has 25 heavy (non-hydrogen) atoms. The van der Waals surface area contributed by atoms with Crippen LogP contribution in [0.15, 0.2) is 36.5 Å². The van der Waals surface area contributed by atoms with Crippen molar-refractivity contribution in [3.05, 3.63) is 64.9 Å². The zero-order valence-corrected chi connectivity index (χ0v) is 14.0. The van der Waals surface area contributed by atoms with Gasteiger partial charge in [-0.15, -0.1) is 0 Å². The number of hydrogen-bond acceptors (Lipinski definition) is 3. The van der Waals surface area contributed by atoms with Crippen LogP contribution in [0.25, 0.3) is 5.65 Å². The van der Waals surface area contributed by atoms with Gasteiger partial charge in [-0.2, -0.15) is 0 Å². The van der Waals surface area contributed by atoms with Gasteiger partial charge in [0.05, 0.1) is 23.8 Å². The Balaban J connectivity index is 1.69. The van der Waals surface area contributed by atoms with Gasteiger partial charge in [-0.3, -0.25) is 4.79 Å². The van der Waals surface area contributed by atoms with Crippen LogP contribution in [0.2, 0.25) is 0 Å². The highest BCUT2D eigenvalue weighted by Gasteiger charge is 2.27. The van der Waals surface area contributed by atoms with Gasteiger partial charge in [0.15, 0.2) is 0 Å². The van der Waals surface area contributed by atoms with Crippen LogP contribution >= 0.6 is 0 Å². The van der Waals surface area contributed by atoms with E-state index in [1.807, 2.05) is 30.5 Å². The number of rotatable bonds is 2. The second kappa shape index (κ2) is 5.88. The number of hydrogen-bond donors (Lipinski definition) is 1. The maximum atomic E-state index is 14.2. The molecular formula is C19H18FN3O2. The van der Waals surface area contributed by atoms with E-state index in [9.17, 15) is 9.18 Å². The molecule has 2 aromatic heterocycles. The third kappa shape index (κ3) is 2.63. The number of aromatic nitrogens is 2. The van der Waals surface area contributed by atoms with E-state index in [0.717, 1.165) is 11.4 Å². The predicted molar refractivity (Wildman–Crippen MR) is 91.4 cm³/mol. The van der Waals surface area contributed by atoms with Gasteiger partial charge in [0.25, 0.3) is 5.91 Å². The van der Waals surface area contributed by atoms with Gasteiger partial charge in [-0.1, -0.05) is 6.07 Å². The Morgan fingerprint density at radius 3 is 3.04 bits per heavy atom. The zero-order chi connectivity index (χ0) is 17.6. The van der Waals surface area contributed by atoms with Crippen molar-refractivity contribution in [2.75, 3.05) is 6.61 Å². The molecule has 0 saturated carbocycles. The number of ether oxygens (including phenoxy) is 1. The van der Waals surface area contributed by atoms with Crippen molar-refractivity contribution in [3.63, 3.8) is 0 Å². The summed E-state index contributed by atoms with van der Waals surface area (Å²) in [5.41, 5.74) is 3.35. The van der Waals surface area contributed by atoms with E-state index in [2.05, 4.69) is 10.3 Å². The van der Waals surface area contributed by atoms with Crippen molar-refractivity contribution in [2.45, 2.75) is 26.3 Å². The van der Waals surface area contributed by atoms with E-state index in [1.54, 1.807) is 18.2 Å². The quantitative estimate of drug-likeness (QED) is 0.779. The maximum absolute atomic E-state index is 14.2. The summed E-state index contributed by atoms with van der Waals surface area (Å²) in [4.78, 5) is 17.3. The van der Waals surface area contributed by atoms with Gasteiger partial charge in [-0.05, 0) is 38.1 Å². The maximum Gasteiger partial charge on any atom is 0.255 e. The summed E-state index contributed by atoms with van der Waals surface area (Å²) >= 11 is 0. The third-order valence-electron chi connectivity index (χ3n) is 4.51. The number of carbonyl (C=O) groups excluding carboxylic acids is 1. The van der Waals surface area contributed by atoms with Gasteiger partial charge in [0.1, 0.15) is 17.2 Å². The standard InChI is InChI=1S/C19H18FN3O2/c1-11-10-12(2)23-8-6-13(18(23)21-11)19(24)22-15-7-9-25-16-5-3-4-14(20)17(15)16/h3-6,8,10,15H,7,9H2,1-2H3,(H,22,24). The number of nitrogens with zero attached hydrogens (tertiary/aromatic N) is 2. The first-order valence-corrected chi connectivity index (χ1v) is 8.22. The molecule has 0 saturated heterocycles. The minimum atomic E-state index is -0.418. The fourth-order valence-corrected chi connectivity index (χ4v) is 3.36. The monoisotopic (exact) mass is 339 g/mol. The number of amides is 1. The second-order valence-electron chi connectivity index (χ2n) is 6.28. The average Bonchev–Trinajstić information content (AvgIpc) is 2.99. The lowest BCUT2D eigenvalue weighted by atomic mass is 9.99. The molecule has 1 unspecified atom stereocenters. The lowest BCUT2D eigenvalue weighted by Crippen LogP contribution is -2.32. The van der Waals surface area contributed by atoms with Crippen molar-refractivity contribution < 1.29 is 13.9 Å². The number of fused-ring (bicyclic) bond motifs is 2. The summed E-state index contributed by atoms with van der Waals surface area (Å²) in [6.07, 6.45) is 2.35. The summed E-state index contributed by atoms with van der Waals surface area (Å²) in [6.45, 7) is 4.30. The number of carbonyl (C=O) groups is 1. The SMILES string of the molecule is Cc1cc(C)n2ccc(C(=O)NC3CCOc4cccc(F)c43)c2n1. The lowest BCUT2D eigenvalue weighted by molar-refractivity contribution is 0.0925. The molecule has 128 valence electrons. The molecule has 5 nitrogen and oxygen atoms in total. The van der Waals surface area contributed by atoms with Crippen LogP contribution < -0.4 is 10.1 Å². The molecule has 1 amide bonds. The number of halogens is 1. The fourth-order valence-electron chi connectivity index (χ4n) is 3.36. The normalized spacial score (nSPS) is 16.4. The number of benzene rings is 1. The number of nitrogens with one attached hydrogen (secondary N) is 1.